The Morgan fingerprint density at radius 3 is 2.79 bits per heavy atom. The molecule has 7 heteroatoms. The molecule has 0 saturated heterocycles. The standard InChI is InChI=1S/C21H21N3O4/c1-3-27-19-10-14(8-9-18(19)26-2)17(11-20-23-22-13-28-20)24-12-15-6-4-5-7-16(15)21(24)25/h4-10,13,17H,3,11-12H2,1-2H3. The number of ether oxygens (including phenoxy) is 2. The van der Waals surface area contributed by atoms with Gasteiger partial charge < -0.3 is 18.8 Å². The van der Waals surface area contributed by atoms with Gasteiger partial charge in [-0.2, -0.15) is 0 Å². The Balaban J connectivity index is 1.73. The molecule has 2 heterocycles. The molecular formula is C21H21N3O4. The Kier molecular flexibility index (Phi) is 4.97. The van der Waals surface area contributed by atoms with E-state index in [-0.39, 0.29) is 11.9 Å². The molecule has 2 aromatic carbocycles. The number of benzene rings is 2. The molecule has 1 aromatic heterocycles. The molecule has 4 rings (SSSR count). The number of fused-ring (bicyclic) bond motifs is 1. The molecule has 0 bridgehead atoms. The maximum absolute atomic E-state index is 13.1. The highest BCUT2D eigenvalue weighted by atomic mass is 16.5. The van der Waals surface area contributed by atoms with Crippen LogP contribution in [0.4, 0.5) is 0 Å². The maximum Gasteiger partial charge on any atom is 0.255 e. The van der Waals surface area contributed by atoms with Crippen molar-refractivity contribution in [2.45, 2.75) is 25.9 Å². The lowest BCUT2D eigenvalue weighted by Crippen LogP contribution is -2.30. The number of carbonyl (C=O) groups excluding carboxylic acids is 1. The monoisotopic (exact) mass is 379 g/mol. The van der Waals surface area contributed by atoms with E-state index < -0.39 is 0 Å². The van der Waals surface area contributed by atoms with Gasteiger partial charge in [0.2, 0.25) is 12.3 Å². The lowest BCUT2D eigenvalue weighted by molar-refractivity contribution is 0.0693. The van der Waals surface area contributed by atoms with Crippen LogP contribution in [-0.4, -0.2) is 34.7 Å². The Labute approximate surface area is 162 Å². The van der Waals surface area contributed by atoms with Gasteiger partial charge in [-0.3, -0.25) is 4.79 Å². The predicted molar refractivity (Wildman–Crippen MR) is 101 cm³/mol. The summed E-state index contributed by atoms with van der Waals surface area (Å²) in [4.78, 5) is 14.9. The van der Waals surface area contributed by atoms with Crippen molar-refractivity contribution in [1.82, 2.24) is 15.1 Å². The third-order valence-corrected chi connectivity index (χ3v) is 4.87. The van der Waals surface area contributed by atoms with Gasteiger partial charge in [-0.1, -0.05) is 24.3 Å². The van der Waals surface area contributed by atoms with Gasteiger partial charge in [0.25, 0.3) is 5.91 Å². The molecule has 1 amide bonds. The fourth-order valence-electron chi connectivity index (χ4n) is 3.56. The summed E-state index contributed by atoms with van der Waals surface area (Å²) >= 11 is 0. The molecular weight excluding hydrogens is 358 g/mol. The van der Waals surface area contributed by atoms with Crippen molar-refractivity contribution in [3.8, 4) is 11.5 Å². The molecule has 0 radical (unpaired) electrons. The van der Waals surface area contributed by atoms with Gasteiger partial charge in [0.05, 0.1) is 26.2 Å². The topological polar surface area (TPSA) is 77.7 Å². The molecule has 144 valence electrons. The maximum atomic E-state index is 13.1. The number of hydrogen-bond acceptors (Lipinski definition) is 6. The van der Waals surface area contributed by atoms with Crippen LogP contribution in [0, 0.1) is 0 Å². The van der Waals surface area contributed by atoms with E-state index >= 15 is 0 Å². The summed E-state index contributed by atoms with van der Waals surface area (Å²) in [6.45, 7) is 2.97. The summed E-state index contributed by atoms with van der Waals surface area (Å²) in [5.74, 6) is 1.76. The first-order chi connectivity index (χ1) is 13.7. The van der Waals surface area contributed by atoms with E-state index in [0.717, 1.165) is 16.7 Å². The minimum atomic E-state index is -0.273. The van der Waals surface area contributed by atoms with Gasteiger partial charge >= 0.3 is 0 Å². The third-order valence-electron chi connectivity index (χ3n) is 4.87. The second kappa shape index (κ2) is 7.72. The van der Waals surface area contributed by atoms with Gasteiger partial charge in [-0.25, -0.2) is 0 Å². The zero-order valence-electron chi connectivity index (χ0n) is 15.8. The SMILES string of the molecule is CCOc1cc(C(Cc2nnco2)N2Cc3ccccc3C2=O)ccc1OC. The predicted octanol–water partition coefficient (Wildman–Crippen LogP) is 3.42. The summed E-state index contributed by atoms with van der Waals surface area (Å²) in [6.07, 6.45) is 1.71. The molecule has 0 N–H and O–H groups in total. The highest BCUT2D eigenvalue weighted by Crippen LogP contribution is 2.37. The van der Waals surface area contributed by atoms with Crippen LogP contribution in [0.1, 0.15) is 40.3 Å². The number of nitrogens with zero attached hydrogens (tertiary/aromatic N) is 3. The van der Waals surface area contributed by atoms with Crippen molar-refractivity contribution in [1.29, 1.82) is 0 Å². The molecule has 3 aromatic rings. The van der Waals surface area contributed by atoms with Crippen LogP contribution < -0.4 is 9.47 Å². The minimum absolute atomic E-state index is 0.00565. The second-order valence-corrected chi connectivity index (χ2v) is 6.49. The molecule has 1 unspecified atom stereocenters. The Hall–Kier alpha value is -3.35. The zero-order valence-corrected chi connectivity index (χ0v) is 15.8. The van der Waals surface area contributed by atoms with Gasteiger partial charge in [0.15, 0.2) is 11.5 Å². The first-order valence-electron chi connectivity index (χ1n) is 9.16. The molecule has 0 fully saturated rings. The molecule has 1 aliphatic heterocycles. The van der Waals surface area contributed by atoms with Crippen LogP contribution in [-0.2, 0) is 13.0 Å². The lowest BCUT2D eigenvalue weighted by atomic mass is 10.0. The normalized spacial score (nSPS) is 14.1. The van der Waals surface area contributed by atoms with Crippen LogP contribution in [0.15, 0.2) is 53.3 Å². The van der Waals surface area contributed by atoms with E-state index in [2.05, 4.69) is 10.2 Å². The fraction of sp³-hybridized carbons (Fsp3) is 0.286. The van der Waals surface area contributed by atoms with Crippen molar-refractivity contribution in [2.24, 2.45) is 0 Å². The Morgan fingerprint density at radius 2 is 2.07 bits per heavy atom. The van der Waals surface area contributed by atoms with Crippen molar-refractivity contribution in [3.05, 3.63) is 71.4 Å². The van der Waals surface area contributed by atoms with Crippen LogP contribution in [0.25, 0.3) is 0 Å². The number of methoxy groups -OCH3 is 1. The molecule has 0 saturated carbocycles. The molecule has 28 heavy (non-hydrogen) atoms. The summed E-state index contributed by atoms with van der Waals surface area (Å²) in [5.41, 5.74) is 2.67. The number of hydrogen-bond donors (Lipinski definition) is 0. The molecule has 1 aliphatic rings. The summed E-state index contributed by atoms with van der Waals surface area (Å²) in [6, 6.07) is 13.1. The Morgan fingerprint density at radius 1 is 1.21 bits per heavy atom. The van der Waals surface area contributed by atoms with Gasteiger partial charge in [-0.05, 0) is 36.2 Å². The average molecular weight is 379 g/mol. The lowest BCUT2D eigenvalue weighted by Gasteiger charge is -2.28. The van der Waals surface area contributed by atoms with Gasteiger partial charge in [0.1, 0.15) is 0 Å². The van der Waals surface area contributed by atoms with Gasteiger partial charge in [-0.15, -0.1) is 10.2 Å². The number of aromatic nitrogens is 2. The van der Waals surface area contributed by atoms with E-state index in [9.17, 15) is 4.79 Å². The van der Waals surface area contributed by atoms with Crippen molar-refractivity contribution in [2.75, 3.05) is 13.7 Å². The Bertz CT molecular complexity index is 972. The third kappa shape index (κ3) is 3.31. The first-order valence-corrected chi connectivity index (χ1v) is 9.16. The van der Waals surface area contributed by atoms with Crippen LogP contribution in [0.5, 0.6) is 11.5 Å². The molecule has 7 nitrogen and oxygen atoms in total. The second-order valence-electron chi connectivity index (χ2n) is 6.49. The summed E-state index contributed by atoms with van der Waals surface area (Å²) in [5, 5.41) is 7.77. The molecule has 0 spiro atoms. The van der Waals surface area contributed by atoms with Crippen molar-refractivity contribution < 1.29 is 18.7 Å². The minimum Gasteiger partial charge on any atom is -0.493 e. The van der Waals surface area contributed by atoms with E-state index in [4.69, 9.17) is 13.9 Å². The summed E-state index contributed by atoms with van der Waals surface area (Å²) < 4.78 is 16.5. The fourth-order valence-corrected chi connectivity index (χ4v) is 3.56. The van der Waals surface area contributed by atoms with Crippen LogP contribution >= 0.6 is 0 Å². The van der Waals surface area contributed by atoms with Gasteiger partial charge in [0, 0.05) is 12.1 Å². The molecule has 0 aliphatic carbocycles. The quantitative estimate of drug-likeness (QED) is 0.626. The van der Waals surface area contributed by atoms with Crippen LogP contribution in [0.3, 0.4) is 0 Å². The van der Waals surface area contributed by atoms with Crippen molar-refractivity contribution >= 4 is 5.91 Å². The average Bonchev–Trinajstić information content (AvgIpc) is 3.35. The largest absolute Gasteiger partial charge is 0.493 e. The highest BCUT2D eigenvalue weighted by molar-refractivity contribution is 5.98. The number of carbonyl (C=O) groups is 1. The van der Waals surface area contributed by atoms with Crippen molar-refractivity contribution in [3.63, 3.8) is 0 Å². The summed E-state index contributed by atoms with van der Waals surface area (Å²) in [7, 11) is 1.61. The van der Waals surface area contributed by atoms with E-state index in [1.54, 1.807) is 7.11 Å². The number of rotatable bonds is 7. The number of amides is 1. The van der Waals surface area contributed by atoms with Crippen LogP contribution in [0.2, 0.25) is 0 Å². The smallest absolute Gasteiger partial charge is 0.255 e. The van der Waals surface area contributed by atoms with E-state index in [0.29, 0.717) is 37.0 Å². The molecule has 1 atom stereocenters. The van der Waals surface area contributed by atoms with E-state index in [1.165, 1.54) is 6.39 Å². The van der Waals surface area contributed by atoms with E-state index in [1.807, 2.05) is 54.3 Å². The first kappa shape index (κ1) is 18.0. The highest BCUT2D eigenvalue weighted by Gasteiger charge is 2.34. The zero-order chi connectivity index (χ0) is 19.5.